The summed E-state index contributed by atoms with van der Waals surface area (Å²) in [5, 5.41) is 14.8. The second-order valence-electron chi connectivity index (χ2n) is 8.31. The summed E-state index contributed by atoms with van der Waals surface area (Å²) in [6.45, 7) is 7.78. The number of hydrogen-bond acceptors (Lipinski definition) is 5. The van der Waals surface area contributed by atoms with E-state index in [1.807, 2.05) is 66.2 Å². The fourth-order valence-electron chi connectivity index (χ4n) is 3.50. The van der Waals surface area contributed by atoms with Gasteiger partial charge in [-0.3, -0.25) is 4.98 Å². The molecule has 0 aliphatic carbocycles. The maximum atomic E-state index is 9.50. The van der Waals surface area contributed by atoms with Crippen LogP contribution in [0, 0.1) is 6.92 Å². The van der Waals surface area contributed by atoms with Crippen LogP contribution in [0.15, 0.2) is 60.8 Å². The van der Waals surface area contributed by atoms with Gasteiger partial charge >= 0.3 is 0 Å². The molecule has 2 aromatic heterocycles. The van der Waals surface area contributed by atoms with Crippen LogP contribution in [0.1, 0.15) is 11.3 Å². The van der Waals surface area contributed by atoms with Crippen LogP contribution in [0.3, 0.4) is 0 Å². The molecule has 0 aliphatic rings. The van der Waals surface area contributed by atoms with Crippen molar-refractivity contribution in [2.45, 2.75) is 39.4 Å². The van der Waals surface area contributed by atoms with Crippen LogP contribution in [0.5, 0.6) is 11.5 Å². The number of rotatable bonds is 9. The lowest BCUT2D eigenvalue weighted by atomic mass is 10.1. The van der Waals surface area contributed by atoms with Crippen LogP contribution in [0.2, 0.25) is 19.1 Å². The highest BCUT2D eigenvalue weighted by Gasteiger charge is 2.08. The molecule has 0 fully saturated rings. The Kier molecular flexibility index (Phi) is 6.99. The molecule has 0 aliphatic heterocycles. The molecule has 0 amide bonds. The zero-order chi connectivity index (χ0) is 22.5. The van der Waals surface area contributed by atoms with Crippen molar-refractivity contribution in [1.82, 2.24) is 14.8 Å². The Labute approximate surface area is 190 Å². The largest absolute Gasteiger partial charge is 0.457 e. The first kappa shape index (κ1) is 22.2. The van der Waals surface area contributed by atoms with Crippen molar-refractivity contribution in [1.29, 1.82) is 0 Å². The number of nitrogens with zero attached hydrogens (tertiary/aromatic N) is 3. The summed E-state index contributed by atoms with van der Waals surface area (Å²) in [4.78, 5) is 4.55. The molecule has 0 unspecified atom stereocenters. The van der Waals surface area contributed by atoms with E-state index in [9.17, 15) is 5.11 Å². The molecular weight excluding hydrogens is 418 g/mol. The van der Waals surface area contributed by atoms with E-state index in [1.54, 1.807) is 6.20 Å². The predicted molar refractivity (Wildman–Crippen MR) is 130 cm³/mol. The normalized spacial score (nSPS) is 11.4. The summed E-state index contributed by atoms with van der Waals surface area (Å²) >= 11 is 0. The van der Waals surface area contributed by atoms with E-state index in [2.05, 4.69) is 23.2 Å². The zero-order valence-corrected chi connectivity index (χ0v) is 19.9. The zero-order valence-electron chi connectivity index (χ0n) is 18.8. The monoisotopic (exact) mass is 447 g/mol. The minimum atomic E-state index is -0.593. The maximum Gasteiger partial charge on any atom is 0.139 e. The van der Waals surface area contributed by atoms with Crippen LogP contribution in [-0.2, 0) is 18.1 Å². The number of aliphatic hydroxyl groups is 1. The van der Waals surface area contributed by atoms with Gasteiger partial charge < -0.3 is 14.6 Å². The Hall–Kier alpha value is -3.00. The van der Waals surface area contributed by atoms with Gasteiger partial charge in [0, 0.05) is 38.2 Å². The minimum Gasteiger partial charge on any atom is -0.457 e. The van der Waals surface area contributed by atoms with Gasteiger partial charge in [-0.25, -0.2) is 4.68 Å². The van der Waals surface area contributed by atoms with Crippen molar-refractivity contribution in [2.75, 3.05) is 6.61 Å². The van der Waals surface area contributed by atoms with Gasteiger partial charge in [-0.15, -0.1) is 0 Å². The molecule has 32 heavy (non-hydrogen) atoms. The summed E-state index contributed by atoms with van der Waals surface area (Å²) in [6, 6.07) is 18.9. The molecule has 0 bridgehead atoms. The highest BCUT2D eigenvalue weighted by Crippen LogP contribution is 2.28. The van der Waals surface area contributed by atoms with Gasteiger partial charge in [0.2, 0.25) is 0 Å². The van der Waals surface area contributed by atoms with Crippen LogP contribution < -0.4 is 4.74 Å². The van der Waals surface area contributed by atoms with Gasteiger partial charge in [0.25, 0.3) is 0 Å². The van der Waals surface area contributed by atoms with E-state index < -0.39 is 8.80 Å². The van der Waals surface area contributed by atoms with Crippen molar-refractivity contribution >= 4 is 19.7 Å². The number of fused-ring (bicyclic) bond motifs is 1. The van der Waals surface area contributed by atoms with Crippen LogP contribution in [-0.4, -0.2) is 35.3 Å². The Morgan fingerprint density at radius 3 is 2.53 bits per heavy atom. The third-order valence-corrected chi connectivity index (χ3v) is 6.80. The van der Waals surface area contributed by atoms with Gasteiger partial charge in [0.15, 0.2) is 0 Å². The third kappa shape index (κ3) is 5.24. The Balaban J connectivity index is 1.46. The van der Waals surface area contributed by atoms with Crippen LogP contribution in [0.25, 0.3) is 22.2 Å². The number of aromatic nitrogens is 3. The fourth-order valence-corrected chi connectivity index (χ4v) is 4.14. The van der Waals surface area contributed by atoms with E-state index in [0.29, 0.717) is 6.73 Å². The van der Waals surface area contributed by atoms with Crippen molar-refractivity contribution in [3.05, 3.63) is 72.1 Å². The van der Waals surface area contributed by atoms with Gasteiger partial charge in [0.1, 0.15) is 18.2 Å². The maximum absolute atomic E-state index is 9.50. The lowest BCUT2D eigenvalue weighted by molar-refractivity contribution is 0.0801. The standard InChI is InChI=1S/C25H29N3O3Si/c1-18-21(16-29)14-20-15-23(8-9-24(20)27-18)31-22-6-4-19(5-7-22)25-10-11-26-28(25)17-30-12-13-32(2)3/h4-11,14-15,29,32H,12-13,16-17H2,1-3H3. The number of aliphatic hydroxyl groups excluding tert-OH is 1. The summed E-state index contributed by atoms with van der Waals surface area (Å²) in [6.07, 6.45) is 1.80. The van der Waals surface area contributed by atoms with E-state index in [4.69, 9.17) is 9.47 Å². The number of hydrogen-bond donors (Lipinski definition) is 1. The number of aryl methyl sites for hydroxylation is 1. The Bertz CT molecular complexity index is 1190. The van der Waals surface area contributed by atoms with Gasteiger partial charge in [-0.1, -0.05) is 13.1 Å². The molecule has 0 saturated carbocycles. The molecule has 7 heteroatoms. The van der Waals surface area contributed by atoms with Crippen LogP contribution >= 0.6 is 0 Å². The molecule has 2 heterocycles. The average Bonchev–Trinajstić information content (AvgIpc) is 3.25. The molecule has 0 radical (unpaired) electrons. The Morgan fingerprint density at radius 2 is 1.78 bits per heavy atom. The molecular formula is C25H29N3O3Si. The van der Waals surface area contributed by atoms with Gasteiger partial charge in [-0.2, -0.15) is 5.10 Å². The first-order chi connectivity index (χ1) is 15.5. The van der Waals surface area contributed by atoms with Crippen molar-refractivity contribution < 1.29 is 14.6 Å². The van der Waals surface area contributed by atoms with E-state index >= 15 is 0 Å². The molecule has 4 rings (SSSR count). The molecule has 0 atom stereocenters. The summed E-state index contributed by atoms with van der Waals surface area (Å²) < 4.78 is 13.7. The fraction of sp³-hybridized carbons (Fsp3) is 0.280. The number of benzene rings is 2. The molecule has 1 N–H and O–H groups in total. The van der Waals surface area contributed by atoms with Crippen molar-refractivity contribution in [2.24, 2.45) is 0 Å². The van der Waals surface area contributed by atoms with Crippen molar-refractivity contribution in [3.8, 4) is 22.8 Å². The van der Waals surface area contributed by atoms with Gasteiger partial charge in [-0.05, 0) is 73.1 Å². The molecule has 0 saturated heterocycles. The Morgan fingerprint density at radius 1 is 1.00 bits per heavy atom. The highest BCUT2D eigenvalue weighted by atomic mass is 28.3. The molecule has 4 aromatic rings. The van der Waals surface area contributed by atoms with E-state index in [1.165, 1.54) is 6.04 Å². The predicted octanol–water partition coefficient (Wildman–Crippen LogP) is 5.15. The molecule has 166 valence electrons. The van der Waals surface area contributed by atoms with Crippen LogP contribution in [0.4, 0.5) is 0 Å². The summed E-state index contributed by atoms with van der Waals surface area (Å²) in [5.74, 6) is 1.48. The van der Waals surface area contributed by atoms with E-state index in [-0.39, 0.29) is 6.61 Å². The lowest BCUT2D eigenvalue weighted by Crippen LogP contribution is -2.10. The number of pyridine rings is 1. The van der Waals surface area contributed by atoms with Gasteiger partial charge in [0.05, 0.1) is 17.8 Å². The molecule has 6 nitrogen and oxygen atoms in total. The minimum absolute atomic E-state index is 0.0254. The summed E-state index contributed by atoms with van der Waals surface area (Å²) in [5.41, 5.74) is 4.62. The topological polar surface area (TPSA) is 69.4 Å². The second-order valence-corrected chi connectivity index (χ2v) is 11.7. The first-order valence-electron chi connectivity index (χ1n) is 10.9. The quantitative estimate of drug-likeness (QED) is 0.284. The SMILES string of the molecule is Cc1nc2ccc(Oc3ccc(-c4ccnn4COCC[SiH](C)C)cc3)cc2cc1CO. The molecule has 2 aromatic carbocycles. The average molecular weight is 448 g/mol. The summed E-state index contributed by atoms with van der Waals surface area (Å²) in [7, 11) is -0.593. The first-order valence-corrected chi connectivity index (χ1v) is 14.0. The smallest absolute Gasteiger partial charge is 0.139 e. The number of ether oxygens (including phenoxy) is 2. The lowest BCUT2D eigenvalue weighted by Gasteiger charge is -2.11. The third-order valence-electron chi connectivity index (χ3n) is 5.41. The second kappa shape index (κ2) is 10.1. The van der Waals surface area contributed by atoms with E-state index in [0.717, 1.165) is 51.5 Å². The van der Waals surface area contributed by atoms with Crippen molar-refractivity contribution in [3.63, 3.8) is 0 Å². The highest BCUT2D eigenvalue weighted by molar-refractivity contribution is 6.55. The molecule has 0 spiro atoms.